The Morgan fingerprint density at radius 1 is 1.05 bits per heavy atom. The van der Waals surface area contributed by atoms with Crippen LogP contribution in [0.15, 0.2) is 35.9 Å². The zero-order chi connectivity index (χ0) is 31.8. The topological polar surface area (TPSA) is 91.8 Å². The molecule has 2 saturated heterocycles. The molecule has 10 heteroatoms. The SMILES string of the molecule is C/C(=C\c1cc(F)cc(N2CCOCC2)c1)[C@H]1OC(=O)C[C@H](O)CC[C@H](C)[C@@H](OC(=O)N2CCN(C(C)C)CC2)/C=C/[C@@H]1C. The summed E-state index contributed by atoms with van der Waals surface area (Å²) in [6.07, 6.45) is 4.14. The molecule has 1 N–H and O–H groups in total. The average molecular weight is 616 g/mol. The Hall–Kier alpha value is -2.95. The summed E-state index contributed by atoms with van der Waals surface area (Å²) in [5.41, 5.74) is 2.19. The molecule has 44 heavy (non-hydrogen) atoms. The summed E-state index contributed by atoms with van der Waals surface area (Å²) in [5, 5.41) is 10.6. The highest BCUT2D eigenvalue weighted by molar-refractivity contribution is 5.71. The Morgan fingerprint density at radius 3 is 2.43 bits per heavy atom. The summed E-state index contributed by atoms with van der Waals surface area (Å²) in [6, 6.07) is 5.35. The van der Waals surface area contributed by atoms with Crippen molar-refractivity contribution in [3.63, 3.8) is 0 Å². The van der Waals surface area contributed by atoms with Crippen molar-refractivity contribution in [1.29, 1.82) is 0 Å². The highest BCUT2D eigenvalue weighted by Crippen LogP contribution is 2.27. The van der Waals surface area contributed by atoms with Crippen molar-refractivity contribution in [1.82, 2.24) is 9.80 Å². The molecule has 0 aromatic heterocycles. The minimum Gasteiger partial charge on any atom is -0.457 e. The van der Waals surface area contributed by atoms with E-state index in [-0.39, 0.29) is 30.2 Å². The van der Waals surface area contributed by atoms with Crippen LogP contribution in [0.25, 0.3) is 6.08 Å². The van der Waals surface area contributed by atoms with Gasteiger partial charge in [0.05, 0.1) is 25.7 Å². The van der Waals surface area contributed by atoms with Gasteiger partial charge < -0.3 is 29.1 Å². The molecule has 0 bridgehead atoms. The van der Waals surface area contributed by atoms with Crippen molar-refractivity contribution in [2.75, 3.05) is 57.4 Å². The van der Waals surface area contributed by atoms with Crippen LogP contribution in [-0.4, -0.2) is 104 Å². The minimum absolute atomic E-state index is 0.0644. The molecule has 1 amide bonds. The number of carbonyl (C=O) groups is 2. The maximum Gasteiger partial charge on any atom is 0.410 e. The zero-order valence-electron chi connectivity index (χ0n) is 26.9. The van der Waals surface area contributed by atoms with Gasteiger partial charge in [0, 0.05) is 56.9 Å². The number of esters is 1. The van der Waals surface area contributed by atoms with E-state index in [2.05, 4.69) is 23.6 Å². The van der Waals surface area contributed by atoms with Gasteiger partial charge in [0.25, 0.3) is 0 Å². The van der Waals surface area contributed by atoms with Crippen molar-refractivity contribution < 1.29 is 33.3 Å². The number of hydrogen-bond acceptors (Lipinski definition) is 8. The zero-order valence-corrected chi connectivity index (χ0v) is 26.9. The predicted octanol–water partition coefficient (Wildman–Crippen LogP) is 4.88. The quantitative estimate of drug-likeness (QED) is 0.370. The molecule has 9 nitrogen and oxygen atoms in total. The van der Waals surface area contributed by atoms with Crippen molar-refractivity contribution >= 4 is 23.8 Å². The first kappa shape index (κ1) is 33.9. The van der Waals surface area contributed by atoms with Gasteiger partial charge in [-0.2, -0.15) is 0 Å². The van der Waals surface area contributed by atoms with Crippen molar-refractivity contribution in [3.8, 4) is 0 Å². The lowest BCUT2D eigenvalue weighted by molar-refractivity contribution is -0.151. The molecule has 4 rings (SSSR count). The molecular weight excluding hydrogens is 565 g/mol. The Labute approximate surface area is 261 Å². The molecule has 0 radical (unpaired) electrons. The Balaban J connectivity index is 1.53. The smallest absolute Gasteiger partial charge is 0.410 e. The number of aliphatic hydroxyl groups excluding tert-OH is 1. The van der Waals surface area contributed by atoms with Crippen LogP contribution in [0.2, 0.25) is 0 Å². The van der Waals surface area contributed by atoms with Gasteiger partial charge in [-0.3, -0.25) is 9.69 Å². The third kappa shape index (κ3) is 9.52. The number of hydrogen-bond donors (Lipinski definition) is 1. The number of cyclic esters (lactones) is 1. The number of ether oxygens (including phenoxy) is 3. The lowest BCUT2D eigenvalue weighted by Gasteiger charge is -2.37. The van der Waals surface area contributed by atoms with Crippen LogP contribution < -0.4 is 4.90 Å². The van der Waals surface area contributed by atoms with Crippen LogP contribution in [0.1, 0.15) is 59.4 Å². The number of carbonyl (C=O) groups excluding carboxylic acids is 2. The van der Waals surface area contributed by atoms with E-state index in [4.69, 9.17) is 14.2 Å². The number of piperazine rings is 1. The van der Waals surface area contributed by atoms with Crippen molar-refractivity contribution in [2.24, 2.45) is 11.8 Å². The number of anilines is 1. The largest absolute Gasteiger partial charge is 0.457 e. The van der Waals surface area contributed by atoms with Gasteiger partial charge in [-0.05, 0) is 74.9 Å². The van der Waals surface area contributed by atoms with Gasteiger partial charge in [0.1, 0.15) is 18.0 Å². The van der Waals surface area contributed by atoms with Gasteiger partial charge in [0.15, 0.2) is 0 Å². The van der Waals surface area contributed by atoms with E-state index in [1.165, 1.54) is 12.1 Å². The van der Waals surface area contributed by atoms with E-state index in [0.29, 0.717) is 63.8 Å². The lowest BCUT2D eigenvalue weighted by atomic mass is 9.91. The van der Waals surface area contributed by atoms with Crippen molar-refractivity contribution in [2.45, 2.75) is 78.2 Å². The van der Waals surface area contributed by atoms with Gasteiger partial charge in [0.2, 0.25) is 0 Å². The Kier molecular flexibility index (Phi) is 12.2. The summed E-state index contributed by atoms with van der Waals surface area (Å²) in [7, 11) is 0. The second-order valence-electron chi connectivity index (χ2n) is 12.8. The molecule has 3 aliphatic heterocycles. The molecule has 0 saturated carbocycles. The number of rotatable bonds is 5. The van der Waals surface area contributed by atoms with Crippen LogP contribution in [-0.2, 0) is 19.0 Å². The fraction of sp³-hybridized carbons (Fsp3) is 0.647. The molecule has 1 aromatic carbocycles. The highest BCUT2D eigenvalue weighted by Gasteiger charge is 2.30. The molecule has 3 aliphatic rings. The Morgan fingerprint density at radius 2 is 1.75 bits per heavy atom. The lowest BCUT2D eigenvalue weighted by Crippen LogP contribution is -2.51. The molecule has 0 spiro atoms. The van der Waals surface area contributed by atoms with Gasteiger partial charge >= 0.3 is 12.1 Å². The van der Waals surface area contributed by atoms with Crippen LogP contribution >= 0.6 is 0 Å². The molecule has 5 atom stereocenters. The maximum atomic E-state index is 14.7. The molecule has 0 aliphatic carbocycles. The van der Waals surface area contributed by atoms with E-state index in [9.17, 15) is 19.1 Å². The molecule has 0 unspecified atom stereocenters. The fourth-order valence-corrected chi connectivity index (χ4v) is 6.09. The van der Waals surface area contributed by atoms with Gasteiger partial charge in [-0.25, -0.2) is 9.18 Å². The van der Waals surface area contributed by atoms with Crippen LogP contribution in [0.4, 0.5) is 14.9 Å². The number of amides is 1. The second kappa shape index (κ2) is 15.9. The number of halogens is 1. The van der Waals surface area contributed by atoms with Crippen molar-refractivity contribution in [3.05, 3.63) is 47.3 Å². The molecule has 1 aromatic rings. The molecule has 244 valence electrons. The van der Waals surface area contributed by atoms with E-state index >= 15 is 0 Å². The normalized spacial score (nSPS) is 29.0. The summed E-state index contributed by atoms with van der Waals surface area (Å²) >= 11 is 0. The number of nitrogens with zero attached hydrogens (tertiary/aromatic N) is 3. The number of aliphatic hydroxyl groups is 1. The third-order valence-electron chi connectivity index (χ3n) is 8.92. The first-order valence-electron chi connectivity index (χ1n) is 16.1. The summed E-state index contributed by atoms with van der Waals surface area (Å²) in [6.45, 7) is 15.5. The standard InChI is InChI=1S/C34H50FN3O6/c1-23(2)36-10-12-38(13-11-36)34(41)43-31-9-7-25(4)33(44-32(40)22-30(39)8-6-24(31)3)26(5)18-27-19-28(35)21-29(20-27)37-14-16-42-17-15-37/h7,9,18-21,23-25,30-31,33,39H,6,8,10-17,22H2,1-5H3/b9-7+,26-18+/t24-,25-,30+,31-,33-/m0/s1. The van der Waals surface area contributed by atoms with Gasteiger partial charge in [-0.1, -0.05) is 26.0 Å². The monoisotopic (exact) mass is 615 g/mol. The first-order valence-corrected chi connectivity index (χ1v) is 16.1. The molecule has 2 fully saturated rings. The fourth-order valence-electron chi connectivity index (χ4n) is 6.09. The molecule has 3 heterocycles. The van der Waals surface area contributed by atoms with Crippen LogP contribution in [0.3, 0.4) is 0 Å². The van der Waals surface area contributed by atoms with E-state index in [1.54, 1.807) is 4.90 Å². The van der Waals surface area contributed by atoms with Gasteiger partial charge in [-0.15, -0.1) is 0 Å². The van der Waals surface area contributed by atoms with E-state index < -0.39 is 24.3 Å². The number of morpholine rings is 1. The summed E-state index contributed by atoms with van der Waals surface area (Å²) in [4.78, 5) is 32.3. The number of benzene rings is 1. The predicted molar refractivity (Wildman–Crippen MR) is 169 cm³/mol. The van der Waals surface area contributed by atoms with Crippen LogP contribution in [0.5, 0.6) is 0 Å². The van der Waals surface area contributed by atoms with Crippen LogP contribution in [0, 0.1) is 17.7 Å². The average Bonchev–Trinajstić information content (AvgIpc) is 3.00. The third-order valence-corrected chi connectivity index (χ3v) is 8.92. The second-order valence-corrected chi connectivity index (χ2v) is 12.8. The summed E-state index contributed by atoms with van der Waals surface area (Å²) < 4.78 is 32.1. The summed E-state index contributed by atoms with van der Waals surface area (Å²) in [5.74, 6) is -1.17. The Bertz CT molecular complexity index is 1180. The first-order chi connectivity index (χ1) is 21.0. The highest BCUT2D eigenvalue weighted by atomic mass is 19.1. The molecular formula is C34H50FN3O6. The maximum absolute atomic E-state index is 14.7. The van der Waals surface area contributed by atoms with E-state index in [0.717, 1.165) is 24.4 Å². The minimum atomic E-state index is -0.867. The van der Waals surface area contributed by atoms with E-state index in [1.807, 2.05) is 45.1 Å².